The van der Waals surface area contributed by atoms with Gasteiger partial charge in [0, 0.05) is 5.39 Å². The second kappa shape index (κ2) is 4.80. The molecule has 5 heteroatoms. The number of ether oxygens (including phenoxy) is 2. The van der Waals surface area contributed by atoms with Gasteiger partial charge in [-0.3, -0.25) is 0 Å². The highest BCUT2D eigenvalue weighted by Crippen LogP contribution is 2.33. The molecule has 1 aromatic heterocycles. The maximum Gasteiger partial charge on any atom is 0.375 e. The van der Waals surface area contributed by atoms with Crippen molar-refractivity contribution in [3.63, 3.8) is 0 Å². The maximum atomic E-state index is 11.7. The summed E-state index contributed by atoms with van der Waals surface area (Å²) in [5.74, 6) is -0.256. The quantitative estimate of drug-likeness (QED) is 0.777. The van der Waals surface area contributed by atoms with Crippen LogP contribution in [0.5, 0.6) is 5.95 Å². The fraction of sp³-hybridized carbons (Fsp3) is 0.231. The lowest BCUT2D eigenvalue weighted by molar-refractivity contribution is 0.0487. The van der Waals surface area contributed by atoms with Gasteiger partial charge >= 0.3 is 5.97 Å². The number of hydrogen-bond donors (Lipinski definition) is 0. The molecule has 0 radical (unpaired) electrons. The molecule has 92 valence electrons. The topological polar surface area (TPSA) is 72.5 Å². The largest absolute Gasteiger partial charge is 0.468 e. The number of nitriles is 1. The molecule has 0 fully saturated rings. The number of methoxy groups -OCH3 is 1. The molecule has 5 nitrogen and oxygen atoms in total. The van der Waals surface area contributed by atoms with Crippen LogP contribution in [0.3, 0.4) is 0 Å². The molecule has 0 bridgehead atoms. The third-order valence-corrected chi connectivity index (χ3v) is 2.45. The third kappa shape index (κ3) is 1.89. The molecule has 0 aliphatic rings. The van der Waals surface area contributed by atoms with E-state index in [0.717, 1.165) is 0 Å². The van der Waals surface area contributed by atoms with Crippen LogP contribution in [0, 0.1) is 11.3 Å². The summed E-state index contributed by atoms with van der Waals surface area (Å²) >= 11 is 0. The van der Waals surface area contributed by atoms with Gasteiger partial charge in [0.05, 0.1) is 30.7 Å². The van der Waals surface area contributed by atoms with Crippen molar-refractivity contribution in [3.8, 4) is 12.0 Å². The van der Waals surface area contributed by atoms with E-state index >= 15 is 0 Å². The number of nitrogens with zero attached hydrogens (tertiary/aromatic N) is 1. The Hall–Kier alpha value is -2.48. The maximum absolute atomic E-state index is 11.7. The molecule has 0 saturated heterocycles. The van der Waals surface area contributed by atoms with Gasteiger partial charge in [0.1, 0.15) is 0 Å². The van der Waals surface area contributed by atoms with E-state index in [4.69, 9.17) is 19.2 Å². The van der Waals surface area contributed by atoms with Crippen molar-refractivity contribution in [2.24, 2.45) is 0 Å². The minimum atomic E-state index is -0.546. The molecule has 0 spiro atoms. The molecule has 0 unspecified atom stereocenters. The van der Waals surface area contributed by atoms with E-state index < -0.39 is 5.97 Å². The number of rotatable bonds is 3. The van der Waals surface area contributed by atoms with Gasteiger partial charge in [-0.25, -0.2) is 4.79 Å². The minimum Gasteiger partial charge on any atom is -0.468 e. The van der Waals surface area contributed by atoms with Crippen LogP contribution in [0.25, 0.3) is 10.8 Å². The molecule has 1 aromatic carbocycles. The van der Waals surface area contributed by atoms with Crippen molar-refractivity contribution >= 4 is 16.7 Å². The first-order valence-corrected chi connectivity index (χ1v) is 5.39. The Kier molecular flexibility index (Phi) is 3.20. The summed E-state index contributed by atoms with van der Waals surface area (Å²) in [4.78, 5) is 11.7. The van der Waals surface area contributed by atoms with Crippen molar-refractivity contribution < 1.29 is 18.7 Å². The molecule has 0 aliphatic heterocycles. The Morgan fingerprint density at radius 3 is 2.83 bits per heavy atom. The lowest BCUT2D eigenvalue weighted by Gasteiger charge is -1.97. The van der Waals surface area contributed by atoms with Crippen LogP contribution in [0.15, 0.2) is 22.6 Å². The minimum absolute atomic E-state index is 0.0909. The van der Waals surface area contributed by atoms with E-state index in [2.05, 4.69) is 0 Å². The summed E-state index contributed by atoms with van der Waals surface area (Å²) in [7, 11) is 1.44. The normalized spacial score (nSPS) is 10.1. The highest BCUT2D eigenvalue weighted by Gasteiger charge is 2.21. The van der Waals surface area contributed by atoms with Crippen LogP contribution >= 0.6 is 0 Å². The lowest BCUT2D eigenvalue weighted by Crippen LogP contribution is -2.03. The highest BCUT2D eigenvalue weighted by atomic mass is 16.6. The fourth-order valence-corrected chi connectivity index (χ4v) is 1.68. The predicted octanol–water partition coefficient (Wildman–Crippen LogP) is 2.49. The Morgan fingerprint density at radius 1 is 1.44 bits per heavy atom. The summed E-state index contributed by atoms with van der Waals surface area (Å²) in [5, 5.41) is 10.0. The molecular formula is C13H11NO4. The predicted molar refractivity (Wildman–Crippen MR) is 63.4 cm³/mol. The summed E-state index contributed by atoms with van der Waals surface area (Å²) in [6, 6.07) is 6.89. The average molecular weight is 245 g/mol. The molecule has 2 aromatic rings. The first kappa shape index (κ1) is 12.0. The zero-order valence-electron chi connectivity index (χ0n) is 10.0. The highest BCUT2D eigenvalue weighted by molar-refractivity contribution is 6.04. The molecule has 0 saturated carbocycles. The van der Waals surface area contributed by atoms with Gasteiger partial charge in [-0.1, -0.05) is 0 Å². The third-order valence-electron chi connectivity index (χ3n) is 2.45. The van der Waals surface area contributed by atoms with Crippen molar-refractivity contribution in [2.75, 3.05) is 13.7 Å². The number of carbonyl (C=O) groups is 1. The molecular weight excluding hydrogens is 234 g/mol. The second-order valence-corrected chi connectivity index (χ2v) is 3.52. The Labute approximate surface area is 104 Å². The van der Waals surface area contributed by atoms with E-state index in [0.29, 0.717) is 16.3 Å². The summed E-state index contributed by atoms with van der Waals surface area (Å²) < 4.78 is 15.3. The van der Waals surface area contributed by atoms with Crippen LogP contribution in [-0.4, -0.2) is 19.7 Å². The number of carbonyl (C=O) groups excluding carboxylic acids is 1. The van der Waals surface area contributed by atoms with Gasteiger partial charge in [0.2, 0.25) is 5.76 Å². The van der Waals surface area contributed by atoms with Crippen LogP contribution in [0.2, 0.25) is 0 Å². The SMILES string of the molecule is CCOC(=O)c1oc(OC)c2cc(C#N)ccc12. The molecule has 0 atom stereocenters. The van der Waals surface area contributed by atoms with Crippen LogP contribution in [0.4, 0.5) is 0 Å². The summed E-state index contributed by atoms with van der Waals surface area (Å²) in [6.45, 7) is 1.98. The number of esters is 1. The second-order valence-electron chi connectivity index (χ2n) is 3.52. The molecule has 0 aliphatic carbocycles. The lowest BCUT2D eigenvalue weighted by atomic mass is 10.1. The first-order valence-electron chi connectivity index (χ1n) is 5.39. The molecule has 0 amide bonds. The fourth-order valence-electron chi connectivity index (χ4n) is 1.68. The Morgan fingerprint density at radius 2 is 2.22 bits per heavy atom. The van der Waals surface area contributed by atoms with Crippen molar-refractivity contribution in [3.05, 3.63) is 29.5 Å². The van der Waals surface area contributed by atoms with Crippen LogP contribution in [-0.2, 0) is 4.74 Å². The van der Waals surface area contributed by atoms with Gasteiger partial charge in [-0.05, 0) is 25.1 Å². The number of hydrogen-bond acceptors (Lipinski definition) is 5. The number of fused-ring (bicyclic) bond motifs is 1. The van der Waals surface area contributed by atoms with E-state index in [1.165, 1.54) is 7.11 Å². The Balaban J connectivity index is 2.63. The summed E-state index contributed by atoms with van der Waals surface area (Å²) in [6.07, 6.45) is 0. The van der Waals surface area contributed by atoms with Crippen molar-refractivity contribution in [2.45, 2.75) is 6.92 Å². The van der Waals surface area contributed by atoms with Crippen LogP contribution in [0.1, 0.15) is 23.0 Å². The standard InChI is InChI=1S/C13H11NO4/c1-3-17-12(15)11-9-5-4-8(7-14)6-10(9)13(16-2)18-11/h4-6H,3H2,1-2H3. The van der Waals surface area contributed by atoms with E-state index in [1.807, 2.05) is 6.07 Å². The van der Waals surface area contributed by atoms with Gasteiger partial charge in [0.15, 0.2) is 0 Å². The van der Waals surface area contributed by atoms with Crippen molar-refractivity contribution in [1.82, 2.24) is 0 Å². The van der Waals surface area contributed by atoms with Crippen molar-refractivity contribution in [1.29, 1.82) is 5.26 Å². The van der Waals surface area contributed by atoms with E-state index in [1.54, 1.807) is 25.1 Å². The Bertz CT molecular complexity index is 636. The number of furan rings is 1. The van der Waals surface area contributed by atoms with E-state index in [-0.39, 0.29) is 18.3 Å². The first-order chi connectivity index (χ1) is 8.71. The molecule has 0 N–H and O–H groups in total. The van der Waals surface area contributed by atoms with Gasteiger partial charge in [-0.15, -0.1) is 0 Å². The zero-order valence-corrected chi connectivity index (χ0v) is 10.0. The molecule has 1 heterocycles. The average Bonchev–Trinajstić information content (AvgIpc) is 2.76. The molecule has 18 heavy (non-hydrogen) atoms. The zero-order chi connectivity index (χ0) is 13.1. The van der Waals surface area contributed by atoms with Gasteiger partial charge in [0.25, 0.3) is 5.95 Å². The number of benzene rings is 1. The molecule has 2 rings (SSSR count). The van der Waals surface area contributed by atoms with Crippen LogP contribution < -0.4 is 4.74 Å². The smallest absolute Gasteiger partial charge is 0.375 e. The van der Waals surface area contributed by atoms with E-state index in [9.17, 15) is 4.79 Å². The van der Waals surface area contributed by atoms with Gasteiger partial charge in [-0.2, -0.15) is 5.26 Å². The van der Waals surface area contributed by atoms with Gasteiger partial charge < -0.3 is 13.9 Å². The monoisotopic (exact) mass is 245 g/mol. The summed E-state index contributed by atoms with van der Waals surface area (Å²) in [5.41, 5.74) is 0.469.